The van der Waals surface area contributed by atoms with Gasteiger partial charge in [-0.15, -0.1) is 11.3 Å². The number of nitrogens with zero attached hydrogens (tertiary/aromatic N) is 3. The van der Waals surface area contributed by atoms with Crippen LogP contribution in [-0.4, -0.2) is 16.4 Å². The second-order valence-electron chi connectivity index (χ2n) is 2.53. The Kier molecular flexibility index (Phi) is 1.60. The molecular formula is C7H7N3S. The third-order valence-corrected chi connectivity index (χ3v) is 2.62. The fourth-order valence-electron chi connectivity index (χ4n) is 1.23. The van der Waals surface area contributed by atoms with Gasteiger partial charge in [0.25, 0.3) is 0 Å². The standard InChI is InChI=1S/C7H7N3S/c8-1-2-10-3-6-7(4-10)11-5-9-6/h5H,2-4H2. The Morgan fingerprint density at radius 2 is 2.64 bits per heavy atom. The second-order valence-corrected chi connectivity index (χ2v) is 3.46. The van der Waals surface area contributed by atoms with E-state index in [0.29, 0.717) is 6.54 Å². The molecule has 0 saturated carbocycles. The second kappa shape index (κ2) is 2.61. The third-order valence-electron chi connectivity index (χ3n) is 1.76. The summed E-state index contributed by atoms with van der Waals surface area (Å²) in [6, 6.07) is 2.14. The van der Waals surface area contributed by atoms with Crippen molar-refractivity contribution in [2.45, 2.75) is 13.1 Å². The van der Waals surface area contributed by atoms with Crippen LogP contribution in [0.3, 0.4) is 0 Å². The first-order chi connectivity index (χ1) is 5.40. The summed E-state index contributed by atoms with van der Waals surface area (Å²) < 4.78 is 0. The van der Waals surface area contributed by atoms with E-state index in [4.69, 9.17) is 5.26 Å². The topological polar surface area (TPSA) is 39.9 Å². The first-order valence-electron chi connectivity index (χ1n) is 3.40. The Hall–Kier alpha value is -0.920. The number of aromatic nitrogens is 1. The summed E-state index contributed by atoms with van der Waals surface area (Å²) in [6.07, 6.45) is 0. The quantitative estimate of drug-likeness (QED) is 0.582. The van der Waals surface area contributed by atoms with Gasteiger partial charge in [-0.3, -0.25) is 4.90 Å². The van der Waals surface area contributed by atoms with Crippen LogP contribution in [0.25, 0.3) is 0 Å². The van der Waals surface area contributed by atoms with Crippen LogP contribution in [0.5, 0.6) is 0 Å². The van der Waals surface area contributed by atoms with E-state index in [1.54, 1.807) is 11.3 Å². The molecule has 2 heterocycles. The van der Waals surface area contributed by atoms with Crippen LogP contribution in [-0.2, 0) is 13.1 Å². The number of hydrogen-bond donors (Lipinski definition) is 0. The smallest absolute Gasteiger partial charge is 0.0872 e. The van der Waals surface area contributed by atoms with Gasteiger partial charge in [0.05, 0.1) is 23.8 Å². The molecule has 1 aliphatic heterocycles. The molecule has 0 aliphatic carbocycles. The minimum atomic E-state index is 0.517. The third kappa shape index (κ3) is 1.13. The van der Waals surface area contributed by atoms with E-state index in [2.05, 4.69) is 16.0 Å². The van der Waals surface area contributed by atoms with Crippen LogP contribution in [0.4, 0.5) is 0 Å². The molecule has 11 heavy (non-hydrogen) atoms. The van der Waals surface area contributed by atoms with Gasteiger partial charge < -0.3 is 0 Å². The summed E-state index contributed by atoms with van der Waals surface area (Å²) in [5, 5.41) is 8.43. The van der Waals surface area contributed by atoms with Crippen LogP contribution in [0.1, 0.15) is 10.6 Å². The minimum Gasteiger partial charge on any atom is -0.279 e. The predicted octanol–water partition coefficient (Wildman–Crippen LogP) is 0.982. The molecule has 0 N–H and O–H groups in total. The fourth-order valence-corrected chi connectivity index (χ4v) is 2.05. The van der Waals surface area contributed by atoms with Crippen molar-refractivity contribution < 1.29 is 0 Å². The Labute approximate surface area is 68.9 Å². The van der Waals surface area contributed by atoms with Crippen molar-refractivity contribution in [3.8, 4) is 6.07 Å². The highest BCUT2D eigenvalue weighted by molar-refractivity contribution is 7.09. The zero-order valence-corrected chi connectivity index (χ0v) is 6.77. The molecule has 4 heteroatoms. The van der Waals surface area contributed by atoms with Crippen molar-refractivity contribution >= 4 is 11.3 Å². The largest absolute Gasteiger partial charge is 0.279 e. The maximum Gasteiger partial charge on any atom is 0.0872 e. The lowest BCUT2D eigenvalue weighted by Gasteiger charge is -2.07. The maximum atomic E-state index is 8.43. The zero-order valence-electron chi connectivity index (χ0n) is 5.95. The number of fused-ring (bicyclic) bond motifs is 1. The van der Waals surface area contributed by atoms with Crippen molar-refractivity contribution in [1.82, 2.24) is 9.88 Å². The van der Waals surface area contributed by atoms with Gasteiger partial charge in [0.2, 0.25) is 0 Å². The highest BCUT2D eigenvalue weighted by atomic mass is 32.1. The lowest BCUT2D eigenvalue weighted by atomic mass is 10.4. The summed E-state index contributed by atoms with van der Waals surface area (Å²) in [5.41, 5.74) is 3.03. The molecular weight excluding hydrogens is 158 g/mol. The van der Waals surface area contributed by atoms with E-state index in [-0.39, 0.29) is 0 Å². The van der Waals surface area contributed by atoms with E-state index in [0.717, 1.165) is 18.8 Å². The molecule has 0 aromatic carbocycles. The van der Waals surface area contributed by atoms with Crippen LogP contribution in [0.2, 0.25) is 0 Å². The maximum absolute atomic E-state index is 8.43. The van der Waals surface area contributed by atoms with E-state index in [9.17, 15) is 0 Å². The van der Waals surface area contributed by atoms with Crippen molar-refractivity contribution in [2.24, 2.45) is 0 Å². The van der Waals surface area contributed by atoms with Gasteiger partial charge in [-0.05, 0) is 0 Å². The molecule has 0 radical (unpaired) electrons. The number of thiazole rings is 1. The monoisotopic (exact) mass is 165 g/mol. The van der Waals surface area contributed by atoms with Crippen molar-refractivity contribution in [2.75, 3.05) is 6.54 Å². The molecule has 2 rings (SSSR count). The molecule has 1 aliphatic rings. The van der Waals surface area contributed by atoms with Crippen LogP contribution in [0, 0.1) is 11.3 Å². The van der Waals surface area contributed by atoms with Gasteiger partial charge in [-0.1, -0.05) is 0 Å². The minimum absolute atomic E-state index is 0.517. The average Bonchev–Trinajstić information content (AvgIpc) is 2.46. The van der Waals surface area contributed by atoms with Gasteiger partial charge in [0.15, 0.2) is 0 Å². The van der Waals surface area contributed by atoms with Crippen LogP contribution >= 0.6 is 11.3 Å². The number of hydrogen-bond acceptors (Lipinski definition) is 4. The molecule has 0 amide bonds. The molecule has 1 aromatic heterocycles. The highest BCUT2D eigenvalue weighted by Crippen LogP contribution is 2.24. The Morgan fingerprint density at radius 1 is 1.73 bits per heavy atom. The molecule has 0 unspecified atom stereocenters. The Bertz CT molecular complexity index is 278. The molecule has 0 saturated heterocycles. The first kappa shape index (κ1) is 6.77. The van der Waals surface area contributed by atoms with Crippen LogP contribution < -0.4 is 0 Å². The summed E-state index contributed by atoms with van der Waals surface area (Å²) in [7, 11) is 0. The van der Waals surface area contributed by atoms with Crippen molar-refractivity contribution in [3.05, 3.63) is 16.1 Å². The van der Waals surface area contributed by atoms with Crippen molar-refractivity contribution in [3.63, 3.8) is 0 Å². The van der Waals surface area contributed by atoms with Crippen molar-refractivity contribution in [1.29, 1.82) is 5.26 Å². The Morgan fingerprint density at radius 3 is 3.36 bits per heavy atom. The molecule has 3 nitrogen and oxygen atoms in total. The number of rotatable bonds is 1. The average molecular weight is 165 g/mol. The predicted molar refractivity (Wildman–Crippen MR) is 41.8 cm³/mol. The van der Waals surface area contributed by atoms with Gasteiger partial charge in [0, 0.05) is 18.0 Å². The number of nitriles is 1. The zero-order chi connectivity index (χ0) is 7.68. The van der Waals surface area contributed by atoms with Gasteiger partial charge in [0.1, 0.15) is 0 Å². The molecule has 0 bridgehead atoms. The summed E-state index contributed by atoms with van der Waals surface area (Å²) >= 11 is 1.68. The molecule has 56 valence electrons. The van der Waals surface area contributed by atoms with Gasteiger partial charge >= 0.3 is 0 Å². The highest BCUT2D eigenvalue weighted by Gasteiger charge is 2.20. The molecule has 0 spiro atoms. The van der Waals surface area contributed by atoms with E-state index >= 15 is 0 Å². The Balaban J connectivity index is 2.11. The summed E-state index contributed by atoms with van der Waals surface area (Å²) in [6.45, 7) is 2.28. The van der Waals surface area contributed by atoms with Gasteiger partial charge in [-0.25, -0.2) is 4.98 Å². The van der Waals surface area contributed by atoms with E-state index < -0.39 is 0 Å². The SMILES string of the molecule is N#CCN1Cc2ncsc2C1. The molecule has 0 atom stereocenters. The summed E-state index contributed by atoms with van der Waals surface area (Å²) in [4.78, 5) is 7.61. The molecule has 1 aromatic rings. The summed E-state index contributed by atoms with van der Waals surface area (Å²) in [5.74, 6) is 0. The van der Waals surface area contributed by atoms with E-state index in [1.807, 2.05) is 5.51 Å². The van der Waals surface area contributed by atoms with Gasteiger partial charge in [-0.2, -0.15) is 5.26 Å². The van der Waals surface area contributed by atoms with Crippen LogP contribution in [0.15, 0.2) is 5.51 Å². The normalized spacial score (nSPS) is 16.3. The first-order valence-corrected chi connectivity index (χ1v) is 4.28. The lowest BCUT2D eigenvalue weighted by Crippen LogP contribution is -2.16. The molecule has 0 fully saturated rings. The lowest BCUT2D eigenvalue weighted by molar-refractivity contribution is 0.319. The fraction of sp³-hybridized carbons (Fsp3) is 0.429. The van der Waals surface area contributed by atoms with E-state index in [1.165, 1.54) is 4.88 Å².